The van der Waals surface area contributed by atoms with Gasteiger partial charge < -0.3 is 15.5 Å². The van der Waals surface area contributed by atoms with Crippen LogP contribution in [-0.4, -0.2) is 43.7 Å². The largest absolute Gasteiger partial charge is 0.362 e. The third kappa shape index (κ3) is 2.93. The Labute approximate surface area is 117 Å². The molecule has 1 aromatic rings. The Kier molecular flexibility index (Phi) is 4.48. The van der Waals surface area contributed by atoms with Crippen LogP contribution in [0.2, 0.25) is 0 Å². The highest BCUT2D eigenvalue weighted by atomic mass is 15.3. The topological polar surface area (TPSA) is 32.5 Å². The number of benzene rings is 1. The van der Waals surface area contributed by atoms with Crippen molar-refractivity contribution in [3.05, 3.63) is 29.8 Å². The van der Waals surface area contributed by atoms with E-state index in [0.717, 1.165) is 13.1 Å². The summed E-state index contributed by atoms with van der Waals surface area (Å²) in [5.41, 5.74) is 8.81. The maximum Gasteiger partial charge on any atom is 0.0542 e. The van der Waals surface area contributed by atoms with Gasteiger partial charge in [-0.3, -0.25) is 0 Å². The molecule has 2 N–H and O–H groups in total. The van der Waals surface area contributed by atoms with Crippen LogP contribution in [0, 0.1) is 0 Å². The van der Waals surface area contributed by atoms with Crippen molar-refractivity contribution in [1.82, 2.24) is 4.90 Å². The van der Waals surface area contributed by atoms with E-state index < -0.39 is 0 Å². The fraction of sp³-hybridized carbons (Fsp3) is 0.625. The van der Waals surface area contributed by atoms with E-state index in [1.165, 1.54) is 11.3 Å². The highest BCUT2D eigenvalue weighted by molar-refractivity contribution is 5.57. The van der Waals surface area contributed by atoms with E-state index in [1.807, 2.05) is 0 Å². The first-order valence-electron chi connectivity index (χ1n) is 7.30. The number of rotatable bonds is 3. The number of nitrogens with zero attached hydrogens (tertiary/aromatic N) is 2. The normalized spacial score (nSPS) is 25.1. The van der Waals surface area contributed by atoms with E-state index in [1.54, 1.807) is 0 Å². The molecule has 1 aliphatic heterocycles. The van der Waals surface area contributed by atoms with Crippen LogP contribution < -0.4 is 10.6 Å². The fourth-order valence-corrected chi connectivity index (χ4v) is 3.25. The van der Waals surface area contributed by atoms with Gasteiger partial charge in [-0.2, -0.15) is 0 Å². The molecule has 0 aromatic heterocycles. The Morgan fingerprint density at radius 2 is 1.95 bits per heavy atom. The van der Waals surface area contributed by atoms with Gasteiger partial charge in [0.1, 0.15) is 0 Å². The van der Waals surface area contributed by atoms with Crippen LogP contribution in [0.25, 0.3) is 0 Å². The molecule has 3 heteroatoms. The maximum atomic E-state index is 6.01. The minimum absolute atomic E-state index is 0.411. The Morgan fingerprint density at radius 3 is 2.58 bits per heavy atom. The average Bonchev–Trinajstić information content (AvgIpc) is 2.37. The van der Waals surface area contributed by atoms with Crippen LogP contribution >= 0.6 is 0 Å². The lowest BCUT2D eigenvalue weighted by Gasteiger charge is -2.46. The minimum Gasteiger partial charge on any atom is -0.362 e. The number of piperazine rings is 1. The van der Waals surface area contributed by atoms with Gasteiger partial charge in [-0.25, -0.2) is 0 Å². The highest BCUT2D eigenvalue weighted by Crippen LogP contribution is 2.31. The van der Waals surface area contributed by atoms with Crippen molar-refractivity contribution >= 4 is 5.69 Å². The maximum absolute atomic E-state index is 6.01. The molecule has 1 aliphatic rings. The average molecular weight is 261 g/mol. The first-order valence-corrected chi connectivity index (χ1v) is 7.30. The minimum atomic E-state index is 0.411. The van der Waals surface area contributed by atoms with Crippen LogP contribution in [0.3, 0.4) is 0 Å². The Bertz CT molecular complexity index is 416. The first-order chi connectivity index (χ1) is 9.04. The van der Waals surface area contributed by atoms with E-state index in [9.17, 15) is 0 Å². The van der Waals surface area contributed by atoms with Gasteiger partial charge in [0.05, 0.1) is 6.04 Å². The van der Waals surface area contributed by atoms with Gasteiger partial charge in [-0.05, 0) is 31.5 Å². The van der Waals surface area contributed by atoms with Crippen molar-refractivity contribution in [2.45, 2.75) is 38.8 Å². The van der Waals surface area contributed by atoms with Gasteiger partial charge >= 0.3 is 0 Å². The molecule has 0 aliphatic carbocycles. The summed E-state index contributed by atoms with van der Waals surface area (Å²) in [7, 11) is 2.19. The van der Waals surface area contributed by atoms with Crippen LogP contribution in [0.15, 0.2) is 24.3 Å². The second-order valence-corrected chi connectivity index (χ2v) is 6.08. The number of anilines is 1. The Hall–Kier alpha value is -1.06. The molecule has 2 rings (SSSR count). The second kappa shape index (κ2) is 5.93. The second-order valence-electron chi connectivity index (χ2n) is 6.08. The summed E-state index contributed by atoms with van der Waals surface area (Å²) in [6.45, 7) is 9.68. The molecule has 1 fully saturated rings. The number of nitrogens with two attached hydrogens (primary N) is 1. The van der Waals surface area contributed by atoms with E-state index in [4.69, 9.17) is 5.73 Å². The summed E-state index contributed by atoms with van der Waals surface area (Å²) in [6, 6.07) is 9.69. The summed E-state index contributed by atoms with van der Waals surface area (Å²) in [6.07, 6.45) is 0. The van der Waals surface area contributed by atoms with Gasteiger partial charge in [-0.15, -0.1) is 0 Å². The molecule has 19 heavy (non-hydrogen) atoms. The van der Waals surface area contributed by atoms with Crippen LogP contribution in [0.1, 0.15) is 32.3 Å². The quantitative estimate of drug-likeness (QED) is 0.906. The lowest BCUT2D eigenvalue weighted by molar-refractivity contribution is 0.234. The van der Waals surface area contributed by atoms with Crippen LogP contribution in [0.5, 0.6) is 0 Å². The van der Waals surface area contributed by atoms with Crippen molar-refractivity contribution in [3.8, 4) is 0 Å². The molecule has 0 spiro atoms. The molecule has 2 atom stereocenters. The Morgan fingerprint density at radius 1 is 1.26 bits per heavy atom. The van der Waals surface area contributed by atoms with Crippen LogP contribution in [0.4, 0.5) is 5.69 Å². The number of hydrogen-bond acceptors (Lipinski definition) is 3. The van der Waals surface area contributed by atoms with E-state index in [0.29, 0.717) is 24.5 Å². The summed E-state index contributed by atoms with van der Waals surface area (Å²) >= 11 is 0. The predicted octanol–water partition coefficient (Wildman–Crippen LogP) is 2.28. The van der Waals surface area contributed by atoms with Gasteiger partial charge in [-0.1, -0.05) is 32.0 Å². The first kappa shape index (κ1) is 14.4. The van der Waals surface area contributed by atoms with E-state index >= 15 is 0 Å². The zero-order chi connectivity index (χ0) is 14.0. The number of hydrogen-bond donors (Lipinski definition) is 1. The lowest BCUT2D eigenvalue weighted by atomic mass is 9.97. The standard InChI is InChI=1S/C16H27N3/c1-12(2)15-7-5-6-8-16(15)19-13(3)10-18(4)11-14(19)9-17/h5-8,12-14H,9-11,17H2,1-4H3. The zero-order valence-corrected chi connectivity index (χ0v) is 12.6. The third-order valence-corrected chi connectivity index (χ3v) is 4.08. The smallest absolute Gasteiger partial charge is 0.0542 e. The van der Waals surface area contributed by atoms with Crippen molar-refractivity contribution in [3.63, 3.8) is 0 Å². The van der Waals surface area contributed by atoms with Crippen molar-refractivity contribution in [2.75, 3.05) is 31.6 Å². The molecule has 2 unspecified atom stereocenters. The molecular formula is C16H27N3. The SMILES string of the molecule is CC(C)c1ccccc1N1C(C)CN(C)CC1CN. The number of likely N-dealkylation sites (N-methyl/N-ethyl adjacent to an activating group) is 1. The monoisotopic (exact) mass is 261 g/mol. The zero-order valence-electron chi connectivity index (χ0n) is 12.6. The third-order valence-electron chi connectivity index (χ3n) is 4.08. The molecule has 0 amide bonds. The summed E-state index contributed by atoms with van der Waals surface area (Å²) in [5, 5.41) is 0. The lowest BCUT2D eigenvalue weighted by Crippen LogP contribution is -2.59. The fourth-order valence-electron chi connectivity index (χ4n) is 3.25. The molecule has 3 nitrogen and oxygen atoms in total. The molecule has 106 valence electrons. The summed E-state index contributed by atoms with van der Waals surface area (Å²) in [4.78, 5) is 4.92. The molecule has 0 bridgehead atoms. The summed E-state index contributed by atoms with van der Waals surface area (Å²) in [5.74, 6) is 0.543. The van der Waals surface area contributed by atoms with Gasteiger partial charge in [0.2, 0.25) is 0 Å². The highest BCUT2D eigenvalue weighted by Gasteiger charge is 2.31. The van der Waals surface area contributed by atoms with Gasteiger partial charge in [0.25, 0.3) is 0 Å². The molecule has 1 aromatic carbocycles. The van der Waals surface area contributed by atoms with E-state index in [-0.39, 0.29) is 0 Å². The predicted molar refractivity (Wildman–Crippen MR) is 82.8 cm³/mol. The van der Waals surface area contributed by atoms with Gasteiger partial charge in [0, 0.05) is 31.4 Å². The van der Waals surface area contributed by atoms with Crippen molar-refractivity contribution in [1.29, 1.82) is 0 Å². The van der Waals surface area contributed by atoms with E-state index in [2.05, 4.69) is 61.9 Å². The van der Waals surface area contributed by atoms with Crippen molar-refractivity contribution < 1.29 is 0 Å². The van der Waals surface area contributed by atoms with Crippen LogP contribution in [-0.2, 0) is 0 Å². The molecular weight excluding hydrogens is 234 g/mol. The Balaban J connectivity index is 2.38. The van der Waals surface area contributed by atoms with Crippen molar-refractivity contribution in [2.24, 2.45) is 5.73 Å². The molecule has 1 heterocycles. The number of para-hydroxylation sites is 1. The molecule has 0 radical (unpaired) electrons. The molecule has 1 saturated heterocycles. The van der Waals surface area contributed by atoms with Gasteiger partial charge in [0.15, 0.2) is 0 Å². The molecule has 0 saturated carbocycles. The summed E-state index contributed by atoms with van der Waals surface area (Å²) < 4.78 is 0.